The molecule has 0 saturated carbocycles. The number of rotatable bonds is 8. The Kier molecular flexibility index (Phi) is 11.9. The molecule has 0 heterocycles. The number of alkyl halides is 3. The molecule has 7 heteroatoms. The monoisotopic (exact) mass is 528 g/mol. The summed E-state index contributed by atoms with van der Waals surface area (Å²) in [7, 11) is 0. The number of hydrogen-bond acceptors (Lipinski definition) is 3. The van der Waals surface area contributed by atoms with E-state index >= 15 is 0 Å². The molecule has 0 bridgehead atoms. The van der Waals surface area contributed by atoms with Gasteiger partial charge in [0, 0.05) is 11.3 Å². The van der Waals surface area contributed by atoms with Gasteiger partial charge in [0.25, 0.3) is 0 Å². The van der Waals surface area contributed by atoms with E-state index in [0.717, 1.165) is 22.8 Å². The van der Waals surface area contributed by atoms with Crippen LogP contribution in [0.4, 0.5) is 17.6 Å². The van der Waals surface area contributed by atoms with Crippen LogP contribution in [0.15, 0.2) is 83.7 Å². The minimum Gasteiger partial charge on any atom is -0.394 e. The van der Waals surface area contributed by atoms with Gasteiger partial charge in [-0.15, -0.1) is 0 Å². The van der Waals surface area contributed by atoms with Crippen molar-refractivity contribution in [1.29, 1.82) is 0 Å². The van der Waals surface area contributed by atoms with E-state index in [0.29, 0.717) is 6.42 Å². The maximum Gasteiger partial charge on any atom is 0.416 e. The molecule has 3 aromatic carbocycles. The molecule has 1 atom stereocenters. The smallest absolute Gasteiger partial charge is 0.394 e. The van der Waals surface area contributed by atoms with Gasteiger partial charge < -0.3 is 10.8 Å². The summed E-state index contributed by atoms with van der Waals surface area (Å²) in [5.41, 5.74) is 8.18. The number of hydrogen-bond donors (Lipinski definition) is 2. The number of nitrogens with zero attached hydrogens (tertiary/aromatic N) is 1. The molecule has 3 N–H and O–H groups in total. The molecule has 0 aromatic heterocycles. The van der Waals surface area contributed by atoms with E-state index in [4.69, 9.17) is 10.8 Å². The highest BCUT2D eigenvalue weighted by Gasteiger charge is 2.33. The Bertz CT molecular complexity index is 1220. The van der Waals surface area contributed by atoms with E-state index in [2.05, 4.69) is 18.8 Å². The van der Waals surface area contributed by atoms with Crippen molar-refractivity contribution in [2.24, 2.45) is 10.7 Å². The van der Waals surface area contributed by atoms with Gasteiger partial charge in [0.2, 0.25) is 5.95 Å². The number of nitrogens with two attached hydrogens (primary N) is 1. The van der Waals surface area contributed by atoms with E-state index < -0.39 is 30.3 Å². The average Bonchev–Trinajstić information content (AvgIpc) is 2.91. The lowest BCUT2D eigenvalue weighted by atomic mass is 9.95. The van der Waals surface area contributed by atoms with Gasteiger partial charge in [-0.05, 0) is 60.6 Å². The van der Waals surface area contributed by atoms with Gasteiger partial charge in [-0.25, -0.2) is 4.99 Å². The molecule has 0 saturated heterocycles. The van der Waals surface area contributed by atoms with Gasteiger partial charge in [0.05, 0.1) is 18.2 Å². The van der Waals surface area contributed by atoms with Gasteiger partial charge in [0.15, 0.2) is 0 Å². The molecule has 0 aliphatic heterocycles. The van der Waals surface area contributed by atoms with Crippen molar-refractivity contribution >= 4 is 11.3 Å². The van der Waals surface area contributed by atoms with Crippen LogP contribution in [-0.4, -0.2) is 23.5 Å². The van der Waals surface area contributed by atoms with Crippen molar-refractivity contribution in [2.45, 2.75) is 59.2 Å². The first-order valence-electron chi connectivity index (χ1n) is 12.6. The van der Waals surface area contributed by atoms with E-state index in [-0.39, 0.29) is 28.8 Å². The number of aliphatic hydroxyl groups excluding tert-OH is 1. The van der Waals surface area contributed by atoms with Crippen molar-refractivity contribution in [2.75, 3.05) is 6.61 Å². The predicted octanol–water partition coefficient (Wildman–Crippen LogP) is 8.01. The van der Waals surface area contributed by atoms with Crippen LogP contribution in [0.5, 0.6) is 0 Å². The van der Waals surface area contributed by atoms with Gasteiger partial charge >= 0.3 is 6.18 Å². The summed E-state index contributed by atoms with van der Waals surface area (Å²) in [4.78, 5) is 3.71. The third-order valence-corrected chi connectivity index (χ3v) is 5.91. The summed E-state index contributed by atoms with van der Waals surface area (Å²) in [6.07, 6.45) is -2.71. The second kappa shape index (κ2) is 14.6. The van der Waals surface area contributed by atoms with E-state index in [1.807, 2.05) is 54.6 Å². The third kappa shape index (κ3) is 8.92. The van der Waals surface area contributed by atoms with Crippen LogP contribution in [0.1, 0.15) is 56.4 Å². The van der Waals surface area contributed by atoms with Crippen LogP contribution in [0.2, 0.25) is 0 Å². The Morgan fingerprint density at radius 2 is 1.47 bits per heavy atom. The minimum atomic E-state index is -4.59. The summed E-state index contributed by atoms with van der Waals surface area (Å²) in [6, 6.07) is 20.6. The second-order valence-electron chi connectivity index (χ2n) is 9.10. The summed E-state index contributed by atoms with van der Waals surface area (Å²) in [5, 5.41) is 9.06. The zero-order chi connectivity index (χ0) is 28.3. The molecule has 3 nitrogen and oxygen atoms in total. The molecule has 38 heavy (non-hydrogen) atoms. The highest BCUT2D eigenvalue weighted by atomic mass is 19.4. The third-order valence-electron chi connectivity index (χ3n) is 5.91. The Labute approximate surface area is 222 Å². The zero-order valence-electron chi connectivity index (χ0n) is 22.3. The SMILES string of the molecule is C/C(=C(F)\N=C(/C)C(N)CO)c1ccc(CCc2ccc(-c3ccccc3)cc2)c(C(F)(F)F)c1.CCC. The molecule has 1 unspecified atom stereocenters. The molecule has 3 rings (SSSR count). The fourth-order valence-corrected chi connectivity index (χ4v) is 3.64. The second-order valence-corrected chi connectivity index (χ2v) is 9.10. The molecule has 0 radical (unpaired) electrons. The first-order valence-corrected chi connectivity index (χ1v) is 12.6. The number of aryl methyl sites for hydroxylation is 2. The summed E-state index contributed by atoms with van der Waals surface area (Å²) in [5.74, 6) is -0.939. The molecular weight excluding hydrogens is 492 g/mol. The number of benzene rings is 3. The minimum absolute atomic E-state index is 0.0389. The predicted molar refractivity (Wildman–Crippen MR) is 149 cm³/mol. The Hall–Kier alpha value is -3.29. The lowest BCUT2D eigenvalue weighted by Gasteiger charge is -2.15. The Morgan fingerprint density at radius 3 is 2.03 bits per heavy atom. The number of halogens is 4. The molecule has 0 aliphatic rings. The molecule has 3 aromatic rings. The highest BCUT2D eigenvalue weighted by Crippen LogP contribution is 2.35. The van der Waals surface area contributed by atoms with Gasteiger partial charge in [-0.1, -0.05) is 87.0 Å². The first-order chi connectivity index (χ1) is 18.0. The van der Waals surface area contributed by atoms with Crippen LogP contribution < -0.4 is 5.73 Å². The largest absolute Gasteiger partial charge is 0.416 e. The Balaban J connectivity index is 0.00000161. The van der Waals surface area contributed by atoms with E-state index in [1.54, 1.807) is 0 Å². The fraction of sp³-hybridized carbons (Fsp3) is 0.323. The van der Waals surface area contributed by atoms with Crippen molar-refractivity contribution in [1.82, 2.24) is 0 Å². The molecule has 0 amide bonds. The maximum atomic E-state index is 14.6. The number of aliphatic hydroxyl groups is 1. The molecule has 0 spiro atoms. The zero-order valence-corrected chi connectivity index (χ0v) is 22.3. The topological polar surface area (TPSA) is 58.6 Å². The quantitative estimate of drug-likeness (QED) is 0.177. The lowest BCUT2D eigenvalue weighted by molar-refractivity contribution is -0.138. The average molecular weight is 529 g/mol. The lowest BCUT2D eigenvalue weighted by Crippen LogP contribution is -2.32. The van der Waals surface area contributed by atoms with Crippen molar-refractivity contribution in [3.8, 4) is 11.1 Å². The molecule has 204 valence electrons. The standard InChI is InChI=1S/C28H28F4N2O.C3H8/c1-18(27(29)34-19(2)26(33)17-35)24-15-14-23(25(16-24)28(30,31)32)13-10-20-8-11-22(12-9-20)21-6-4-3-5-7-21;1-3-2/h3-9,11-12,14-16,26,35H,10,13,17,33H2,1-2H3;3H2,1-2H3/b27-18+,34-19+;. The highest BCUT2D eigenvalue weighted by molar-refractivity contribution is 5.88. The van der Waals surface area contributed by atoms with Crippen molar-refractivity contribution in [3.63, 3.8) is 0 Å². The maximum absolute atomic E-state index is 14.6. The van der Waals surface area contributed by atoms with E-state index in [9.17, 15) is 17.6 Å². The van der Waals surface area contributed by atoms with Crippen LogP contribution >= 0.6 is 0 Å². The fourth-order valence-electron chi connectivity index (χ4n) is 3.64. The summed E-state index contributed by atoms with van der Waals surface area (Å²) >= 11 is 0. The van der Waals surface area contributed by atoms with Crippen LogP contribution in [0, 0.1) is 0 Å². The molecular formula is C31H36F4N2O. The van der Waals surface area contributed by atoms with Gasteiger partial charge in [-0.3, -0.25) is 0 Å². The van der Waals surface area contributed by atoms with Gasteiger partial charge in [-0.2, -0.15) is 17.6 Å². The normalized spacial score (nSPS) is 13.4. The van der Waals surface area contributed by atoms with Crippen LogP contribution in [-0.2, 0) is 19.0 Å². The van der Waals surface area contributed by atoms with Crippen molar-refractivity contribution < 1.29 is 22.7 Å². The molecule has 0 fully saturated rings. The van der Waals surface area contributed by atoms with Crippen LogP contribution in [0.25, 0.3) is 16.7 Å². The van der Waals surface area contributed by atoms with Crippen molar-refractivity contribution in [3.05, 3.63) is 101 Å². The molecule has 0 aliphatic carbocycles. The number of aliphatic imine (C=N–C) groups is 1. The van der Waals surface area contributed by atoms with E-state index in [1.165, 1.54) is 32.4 Å². The summed E-state index contributed by atoms with van der Waals surface area (Å²) < 4.78 is 56.1. The first kappa shape index (κ1) is 30.9. The van der Waals surface area contributed by atoms with Gasteiger partial charge in [0.1, 0.15) is 0 Å². The van der Waals surface area contributed by atoms with Crippen LogP contribution in [0.3, 0.4) is 0 Å². The number of allylic oxidation sites excluding steroid dienone is 1. The Morgan fingerprint density at radius 1 is 0.895 bits per heavy atom. The summed E-state index contributed by atoms with van der Waals surface area (Å²) in [6.45, 7) is 6.65.